The number of aromatic nitrogens is 1. The summed E-state index contributed by atoms with van der Waals surface area (Å²) in [4.78, 5) is 31.2. The Bertz CT molecular complexity index is 795. The molecule has 2 amide bonds. The van der Waals surface area contributed by atoms with Crippen molar-refractivity contribution in [2.45, 2.75) is 31.8 Å². The van der Waals surface area contributed by atoms with Crippen molar-refractivity contribution in [1.82, 2.24) is 9.88 Å². The van der Waals surface area contributed by atoms with Crippen LogP contribution < -0.4 is 5.32 Å². The lowest BCUT2D eigenvalue weighted by molar-refractivity contribution is -0.143. The molecule has 2 saturated heterocycles. The van der Waals surface area contributed by atoms with Crippen LogP contribution in [0.4, 0.5) is 5.69 Å². The number of nitrogens with zero attached hydrogens (tertiary/aromatic N) is 2. The van der Waals surface area contributed by atoms with Gasteiger partial charge in [-0.25, -0.2) is 4.98 Å². The lowest BCUT2D eigenvalue weighted by atomic mass is 9.95. The Hall–Kier alpha value is -2.25. The zero-order valence-corrected chi connectivity index (χ0v) is 15.9. The number of thiazole rings is 1. The molecule has 6 nitrogen and oxygen atoms in total. The van der Waals surface area contributed by atoms with Gasteiger partial charge in [0.25, 0.3) is 5.91 Å². The molecule has 0 saturated carbocycles. The van der Waals surface area contributed by atoms with Gasteiger partial charge in [0.15, 0.2) is 0 Å². The van der Waals surface area contributed by atoms with E-state index < -0.39 is 0 Å². The molecule has 3 heterocycles. The van der Waals surface area contributed by atoms with Gasteiger partial charge in [0.05, 0.1) is 11.2 Å². The number of ether oxygens (including phenoxy) is 1. The van der Waals surface area contributed by atoms with E-state index in [1.807, 2.05) is 34.5 Å². The second-order valence-corrected chi connectivity index (χ2v) is 7.76. The van der Waals surface area contributed by atoms with E-state index in [1.54, 1.807) is 16.8 Å². The second-order valence-electron chi connectivity index (χ2n) is 7.04. The minimum Gasteiger partial charge on any atom is -0.368 e. The third-order valence-electron chi connectivity index (χ3n) is 5.24. The molecule has 1 N–H and O–H groups in total. The number of likely N-dealkylation sites (tertiary alicyclic amines) is 1. The van der Waals surface area contributed by atoms with Gasteiger partial charge in [0, 0.05) is 42.2 Å². The first-order valence-electron chi connectivity index (χ1n) is 9.40. The van der Waals surface area contributed by atoms with Crippen molar-refractivity contribution >= 4 is 28.8 Å². The molecule has 0 aliphatic carbocycles. The molecule has 1 atom stereocenters. The van der Waals surface area contributed by atoms with Crippen molar-refractivity contribution in [3.8, 4) is 11.3 Å². The van der Waals surface area contributed by atoms with Crippen LogP contribution in [0.2, 0.25) is 0 Å². The van der Waals surface area contributed by atoms with Gasteiger partial charge in [-0.3, -0.25) is 9.59 Å². The van der Waals surface area contributed by atoms with Gasteiger partial charge >= 0.3 is 0 Å². The molecule has 0 radical (unpaired) electrons. The van der Waals surface area contributed by atoms with Crippen molar-refractivity contribution in [3.05, 3.63) is 35.2 Å². The maximum absolute atomic E-state index is 12.6. The highest BCUT2D eigenvalue weighted by Crippen LogP contribution is 2.25. The Balaban J connectivity index is 1.32. The normalized spacial score (nSPS) is 20.6. The summed E-state index contributed by atoms with van der Waals surface area (Å²) in [6, 6.07) is 7.75. The van der Waals surface area contributed by atoms with Gasteiger partial charge in [-0.05, 0) is 37.8 Å². The maximum atomic E-state index is 12.6. The number of anilines is 1. The van der Waals surface area contributed by atoms with Crippen LogP contribution in [0.25, 0.3) is 11.3 Å². The minimum atomic E-state index is -0.274. The topological polar surface area (TPSA) is 71.5 Å². The molecule has 1 aromatic carbocycles. The second kappa shape index (κ2) is 8.19. The highest BCUT2D eigenvalue weighted by Gasteiger charge is 2.32. The lowest BCUT2D eigenvalue weighted by Gasteiger charge is -2.32. The molecular formula is C20H23N3O3S. The third kappa shape index (κ3) is 4.20. The largest absolute Gasteiger partial charge is 0.368 e. The van der Waals surface area contributed by atoms with Crippen molar-refractivity contribution in [3.63, 3.8) is 0 Å². The molecule has 4 rings (SSSR count). The molecule has 2 aromatic rings. The fourth-order valence-corrected chi connectivity index (χ4v) is 4.25. The molecule has 142 valence electrons. The Morgan fingerprint density at radius 1 is 1.22 bits per heavy atom. The van der Waals surface area contributed by atoms with Gasteiger partial charge < -0.3 is 15.0 Å². The summed E-state index contributed by atoms with van der Waals surface area (Å²) in [5, 5.41) is 5.01. The highest BCUT2D eigenvalue weighted by atomic mass is 32.1. The maximum Gasteiger partial charge on any atom is 0.251 e. The number of carbonyl (C=O) groups is 2. The zero-order valence-electron chi connectivity index (χ0n) is 15.1. The summed E-state index contributed by atoms with van der Waals surface area (Å²) in [6.07, 6.45) is 2.87. The molecule has 2 aliphatic heterocycles. The van der Waals surface area contributed by atoms with Gasteiger partial charge in [0.2, 0.25) is 5.91 Å². The fraction of sp³-hybridized carbons (Fsp3) is 0.450. The Morgan fingerprint density at radius 2 is 2.07 bits per heavy atom. The predicted octanol–water partition coefficient (Wildman–Crippen LogP) is 3.17. The highest BCUT2D eigenvalue weighted by molar-refractivity contribution is 7.07. The molecule has 27 heavy (non-hydrogen) atoms. The summed E-state index contributed by atoms with van der Waals surface area (Å²) >= 11 is 1.55. The predicted molar refractivity (Wildman–Crippen MR) is 104 cm³/mol. The Labute approximate surface area is 162 Å². The summed E-state index contributed by atoms with van der Waals surface area (Å²) in [6.45, 7) is 1.92. The smallest absolute Gasteiger partial charge is 0.251 e. The summed E-state index contributed by atoms with van der Waals surface area (Å²) in [5.41, 5.74) is 4.48. The van der Waals surface area contributed by atoms with E-state index in [0.717, 1.165) is 29.8 Å². The van der Waals surface area contributed by atoms with Crippen LogP contribution in [0.3, 0.4) is 0 Å². The van der Waals surface area contributed by atoms with Gasteiger partial charge in [-0.1, -0.05) is 12.1 Å². The Morgan fingerprint density at radius 3 is 2.78 bits per heavy atom. The molecule has 2 aliphatic rings. The number of hydrogen-bond acceptors (Lipinski definition) is 5. The summed E-state index contributed by atoms with van der Waals surface area (Å²) in [7, 11) is 0. The number of piperidine rings is 1. The standard InChI is InChI=1S/C20H23N3O3S/c24-19(22-16-4-1-3-15(11-16)17-12-27-13-21-17)14-6-8-23(9-7-14)20(25)18-5-2-10-26-18/h1,3-4,11-14,18H,2,5-10H2,(H,22,24). The first-order valence-corrected chi connectivity index (χ1v) is 10.3. The quantitative estimate of drug-likeness (QED) is 0.878. The Kier molecular flexibility index (Phi) is 5.50. The van der Waals surface area contributed by atoms with Gasteiger partial charge in [-0.15, -0.1) is 11.3 Å². The third-order valence-corrected chi connectivity index (χ3v) is 5.83. The van der Waals surface area contributed by atoms with Crippen LogP contribution in [-0.4, -0.2) is 47.5 Å². The summed E-state index contributed by atoms with van der Waals surface area (Å²) < 4.78 is 5.49. The van der Waals surface area contributed by atoms with Gasteiger partial charge in [-0.2, -0.15) is 0 Å². The molecule has 0 spiro atoms. The fourth-order valence-electron chi connectivity index (χ4n) is 3.69. The molecule has 1 unspecified atom stereocenters. The van der Waals surface area contributed by atoms with Crippen molar-refractivity contribution in [1.29, 1.82) is 0 Å². The molecule has 2 fully saturated rings. The average Bonchev–Trinajstić information content (AvgIpc) is 3.42. The molecule has 7 heteroatoms. The van der Waals surface area contributed by atoms with Crippen LogP contribution in [0.5, 0.6) is 0 Å². The molecule has 1 aromatic heterocycles. The van der Waals surface area contributed by atoms with Crippen molar-refractivity contribution in [2.24, 2.45) is 5.92 Å². The number of hydrogen-bond donors (Lipinski definition) is 1. The summed E-state index contributed by atoms with van der Waals surface area (Å²) in [5.74, 6) is 0.0402. The zero-order chi connectivity index (χ0) is 18.6. The first kappa shape index (κ1) is 18.1. The van der Waals surface area contributed by atoms with Gasteiger partial charge in [0.1, 0.15) is 6.10 Å². The van der Waals surface area contributed by atoms with E-state index >= 15 is 0 Å². The van der Waals surface area contributed by atoms with E-state index in [2.05, 4.69) is 10.3 Å². The number of nitrogens with one attached hydrogen (secondary N) is 1. The lowest BCUT2D eigenvalue weighted by Crippen LogP contribution is -2.45. The molecule has 0 bridgehead atoms. The van der Waals surface area contributed by atoms with E-state index in [1.165, 1.54) is 0 Å². The number of benzene rings is 1. The van der Waals surface area contributed by atoms with Crippen LogP contribution in [-0.2, 0) is 14.3 Å². The van der Waals surface area contributed by atoms with E-state index in [9.17, 15) is 9.59 Å². The first-order chi connectivity index (χ1) is 13.2. The van der Waals surface area contributed by atoms with Crippen LogP contribution >= 0.6 is 11.3 Å². The number of amides is 2. The van der Waals surface area contributed by atoms with Crippen molar-refractivity contribution in [2.75, 3.05) is 25.0 Å². The van der Waals surface area contributed by atoms with E-state index in [0.29, 0.717) is 32.5 Å². The monoisotopic (exact) mass is 385 g/mol. The van der Waals surface area contributed by atoms with E-state index in [-0.39, 0.29) is 23.8 Å². The SMILES string of the molecule is O=C(Nc1cccc(-c2cscn2)c1)C1CCN(C(=O)C2CCCO2)CC1. The van der Waals surface area contributed by atoms with Crippen LogP contribution in [0, 0.1) is 5.92 Å². The van der Waals surface area contributed by atoms with Crippen LogP contribution in [0.1, 0.15) is 25.7 Å². The van der Waals surface area contributed by atoms with E-state index in [4.69, 9.17) is 4.74 Å². The van der Waals surface area contributed by atoms with Crippen LogP contribution in [0.15, 0.2) is 35.2 Å². The number of carbonyl (C=O) groups excluding carboxylic acids is 2. The minimum absolute atomic E-state index is 0.0228. The number of rotatable bonds is 4. The van der Waals surface area contributed by atoms with Crippen molar-refractivity contribution < 1.29 is 14.3 Å². The molecular weight excluding hydrogens is 362 g/mol. The average molecular weight is 385 g/mol.